The average molecular weight is 457 g/mol. The fourth-order valence-electron chi connectivity index (χ4n) is 3.47. The molecular formula is C23H21ClN2O4S. The molecular weight excluding hydrogens is 436 g/mol. The fourth-order valence-corrected chi connectivity index (χ4v) is 4.62. The molecule has 0 aromatic heterocycles. The van der Waals surface area contributed by atoms with Gasteiger partial charge >= 0.3 is 0 Å². The maximum atomic E-state index is 12.6. The van der Waals surface area contributed by atoms with E-state index in [0.717, 1.165) is 11.1 Å². The average Bonchev–Trinajstić information content (AvgIpc) is 3.18. The summed E-state index contributed by atoms with van der Waals surface area (Å²) in [6.45, 7) is 0.750. The molecule has 1 amide bonds. The van der Waals surface area contributed by atoms with Crippen molar-refractivity contribution < 1.29 is 17.9 Å². The predicted octanol–water partition coefficient (Wildman–Crippen LogP) is 4.49. The number of nitrogens with zero attached hydrogens (tertiary/aromatic N) is 1. The molecule has 1 aliphatic rings. The minimum atomic E-state index is -3.31. The number of nitrogens with one attached hydrogen (secondary N) is 1. The summed E-state index contributed by atoms with van der Waals surface area (Å²) >= 11 is 6.14. The normalized spacial score (nSPS) is 13.0. The molecule has 8 heteroatoms. The number of hydrogen-bond acceptors (Lipinski definition) is 4. The zero-order chi connectivity index (χ0) is 22.0. The second-order valence-electron chi connectivity index (χ2n) is 7.29. The van der Waals surface area contributed by atoms with E-state index < -0.39 is 10.0 Å². The van der Waals surface area contributed by atoms with E-state index >= 15 is 0 Å². The van der Waals surface area contributed by atoms with Crippen LogP contribution in [0.2, 0.25) is 5.02 Å². The second-order valence-corrected chi connectivity index (χ2v) is 9.60. The lowest BCUT2D eigenvalue weighted by molar-refractivity contribution is 0.102. The Morgan fingerprint density at radius 1 is 1.10 bits per heavy atom. The van der Waals surface area contributed by atoms with E-state index in [1.54, 1.807) is 42.5 Å². The number of rotatable bonds is 6. The van der Waals surface area contributed by atoms with E-state index in [-0.39, 0.29) is 5.91 Å². The Morgan fingerprint density at radius 2 is 1.84 bits per heavy atom. The summed E-state index contributed by atoms with van der Waals surface area (Å²) in [6.07, 6.45) is 1.77. The van der Waals surface area contributed by atoms with Crippen molar-refractivity contribution in [2.45, 2.75) is 13.0 Å². The highest BCUT2D eigenvalue weighted by Gasteiger charge is 2.26. The highest BCUT2D eigenvalue weighted by atomic mass is 35.5. The molecule has 0 fully saturated rings. The van der Waals surface area contributed by atoms with Crippen molar-refractivity contribution in [3.05, 3.63) is 88.4 Å². The van der Waals surface area contributed by atoms with Gasteiger partial charge in [-0.05, 0) is 60.5 Å². The smallest absolute Gasteiger partial charge is 0.255 e. The van der Waals surface area contributed by atoms with Gasteiger partial charge in [-0.3, -0.25) is 9.10 Å². The van der Waals surface area contributed by atoms with Crippen molar-refractivity contribution in [1.82, 2.24) is 0 Å². The van der Waals surface area contributed by atoms with E-state index in [0.29, 0.717) is 47.3 Å². The van der Waals surface area contributed by atoms with Crippen LogP contribution in [0.3, 0.4) is 0 Å². The van der Waals surface area contributed by atoms with Crippen LogP contribution in [0, 0.1) is 0 Å². The summed E-state index contributed by atoms with van der Waals surface area (Å²) < 4.78 is 30.8. The lowest BCUT2D eigenvalue weighted by atomic mass is 10.1. The summed E-state index contributed by atoms with van der Waals surface area (Å²) in [6, 6.07) is 19.6. The number of fused-ring (bicyclic) bond motifs is 1. The van der Waals surface area contributed by atoms with E-state index in [4.69, 9.17) is 16.3 Å². The summed E-state index contributed by atoms with van der Waals surface area (Å²) in [7, 11) is -3.31. The molecule has 0 saturated heterocycles. The molecule has 1 aliphatic heterocycles. The molecule has 6 nitrogen and oxygen atoms in total. The number of anilines is 2. The number of hydrogen-bond donors (Lipinski definition) is 1. The molecule has 31 heavy (non-hydrogen) atoms. The SMILES string of the molecule is CS(=O)(=O)N1CCc2cc(C(=O)Nc3ccc(OCc4ccccc4Cl)cc3)ccc21. The first kappa shape index (κ1) is 21.2. The zero-order valence-corrected chi connectivity index (χ0v) is 18.4. The third kappa shape index (κ3) is 4.84. The van der Waals surface area contributed by atoms with Crippen molar-refractivity contribution in [2.75, 3.05) is 22.4 Å². The largest absolute Gasteiger partial charge is 0.489 e. The van der Waals surface area contributed by atoms with Gasteiger partial charge in [0, 0.05) is 28.4 Å². The van der Waals surface area contributed by atoms with Gasteiger partial charge in [0.25, 0.3) is 5.91 Å². The quantitative estimate of drug-likeness (QED) is 0.592. The van der Waals surface area contributed by atoms with Crippen LogP contribution in [0.4, 0.5) is 11.4 Å². The van der Waals surface area contributed by atoms with Gasteiger partial charge in [0.15, 0.2) is 0 Å². The van der Waals surface area contributed by atoms with Crippen molar-refractivity contribution in [3.8, 4) is 5.75 Å². The Labute approximate surface area is 186 Å². The fraction of sp³-hybridized carbons (Fsp3) is 0.174. The Hall–Kier alpha value is -3.03. The van der Waals surface area contributed by atoms with Gasteiger partial charge in [-0.1, -0.05) is 29.8 Å². The standard InChI is InChI=1S/C23H21ClN2O4S/c1-31(28,29)26-13-12-16-14-17(6-11-22(16)26)23(27)25-19-7-9-20(10-8-19)30-15-18-4-2-3-5-21(18)24/h2-11,14H,12-13,15H2,1H3,(H,25,27). The molecule has 0 spiro atoms. The number of amides is 1. The second kappa shape index (κ2) is 8.61. The van der Waals surface area contributed by atoms with Crippen LogP contribution < -0.4 is 14.4 Å². The van der Waals surface area contributed by atoms with Crippen molar-refractivity contribution in [3.63, 3.8) is 0 Å². The number of benzene rings is 3. The van der Waals surface area contributed by atoms with Crippen LogP contribution >= 0.6 is 11.6 Å². The number of sulfonamides is 1. The first-order valence-electron chi connectivity index (χ1n) is 9.69. The number of halogens is 1. The summed E-state index contributed by atoms with van der Waals surface area (Å²) in [5.41, 5.74) is 3.49. The molecule has 3 aromatic carbocycles. The molecule has 1 N–H and O–H groups in total. The van der Waals surface area contributed by atoms with Crippen LogP contribution in [-0.2, 0) is 23.1 Å². The van der Waals surface area contributed by atoms with Crippen molar-refractivity contribution in [1.29, 1.82) is 0 Å². The maximum Gasteiger partial charge on any atom is 0.255 e. The van der Waals surface area contributed by atoms with Gasteiger partial charge in [0.2, 0.25) is 10.0 Å². The predicted molar refractivity (Wildman–Crippen MR) is 123 cm³/mol. The van der Waals surface area contributed by atoms with Crippen LogP contribution in [0.1, 0.15) is 21.5 Å². The zero-order valence-electron chi connectivity index (χ0n) is 16.8. The van der Waals surface area contributed by atoms with E-state index in [1.807, 2.05) is 24.3 Å². The molecule has 3 aromatic rings. The highest BCUT2D eigenvalue weighted by molar-refractivity contribution is 7.92. The van der Waals surface area contributed by atoms with Gasteiger partial charge < -0.3 is 10.1 Å². The first-order valence-corrected chi connectivity index (χ1v) is 11.9. The Morgan fingerprint density at radius 3 is 2.55 bits per heavy atom. The minimum Gasteiger partial charge on any atom is -0.489 e. The van der Waals surface area contributed by atoms with Crippen molar-refractivity contribution >= 4 is 38.9 Å². The first-order chi connectivity index (χ1) is 14.8. The number of carbonyl (C=O) groups is 1. The van der Waals surface area contributed by atoms with Gasteiger partial charge in [-0.25, -0.2) is 8.42 Å². The molecule has 0 radical (unpaired) electrons. The lowest BCUT2D eigenvalue weighted by Crippen LogP contribution is -2.27. The third-order valence-electron chi connectivity index (χ3n) is 5.06. The van der Waals surface area contributed by atoms with Crippen LogP contribution in [0.15, 0.2) is 66.7 Å². The maximum absolute atomic E-state index is 12.6. The minimum absolute atomic E-state index is 0.259. The topological polar surface area (TPSA) is 75.7 Å². The molecule has 0 aliphatic carbocycles. The van der Waals surface area contributed by atoms with Gasteiger partial charge in [0.1, 0.15) is 12.4 Å². The molecule has 1 heterocycles. The Bertz CT molecular complexity index is 1230. The van der Waals surface area contributed by atoms with Gasteiger partial charge in [0.05, 0.1) is 11.9 Å². The van der Waals surface area contributed by atoms with Gasteiger partial charge in [-0.2, -0.15) is 0 Å². The Balaban J connectivity index is 1.40. The third-order valence-corrected chi connectivity index (χ3v) is 6.61. The van der Waals surface area contributed by atoms with Gasteiger partial charge in [-0.15, -0.1) is 0 Å². The molecule has 0 unspecified atom stereocenters. The molecule has 0 atom stereocenters. The van der Waals surface area contributed by atoms with E-state index in [9.17, 15) is 13.2 Å². The number of carbonyl (C=O) groups excluding carboxylic acids is 1. The van der Waals surface area contributed by atoms with Crippen LogP contribution in [0.25, 0.3) is 0 Å². The Kier molecular flexibility index (Phi) is 5.89. The monoisotopic (exact) mass is 456 g/mol. The summed E-state index contributed by atoms with van der Waals surface area (Å²) in [5, 5.41) is 3.51. The van der Waals surface area contributed by atoms with Crippen LogP contribution in [-0.4, -0.2) is 27.1 Å². The molecule has 160 valence electrons. The summed E-state index contributed by atoms with van der Waals surface area (Å²) in [5.74, 6) is 0.404. The lowest BCUT2D eigenvalue weighted by Gasteiger charge is -2.16. The van der Waals surface area contributed by atoms with Crippen LogP contribution in [0.5, 0.6) is 5.75 Å². The molecule has 0 saturated carbocycles. The van der Waals surface area contributed by atoms with E-state index in [2.05, 4.69) is 5.32 Å². The highest BCUT2D eigenvalue weighted by Crippen LogP contribution is 2.31. The van der Waals surface area contributed by atoms with Crippen molar-refractivity contribution in [2.24, 2.45) is 0 Å². The summed E-state index contributed by atoms with van der Waals surface area (Å²) in [4.78, 5) is 12.6. The number of ether oxygens (including phenoxy) is 1. The molecule has 4 rings (SSSR count). The molecule has 0 bridgehead atoms. The van der Waals surface area contributed by atoms with E-state index in [1.165, 1.54) is 10.6 Å².